The molecule has 0 fully saturated rings. The molecule has 2 nitrogen and oxygen atoms in total. The van der Waals surface area contributed by atoms with Crippen LogP contribution in [0.15, 0.2) is 0 Å². The fraction of sp³-hybridized carbons (Fsp3) is 1.00. The van der Waals surface area contributed by atoms with Gasteiger partial charge in [-0.1, -0.05) is 0 Å². The van der Waals surface area contributed by atoms with Gasteiger partial charge in [0, 0.05) is 5.88 Å². The largest absolute Gasteiger partial charge is 0.306 e. The molecule has 0 spiro atoms. The lowest BCUT2D eigenvalue weighted by atomic mass is 10.6. The van der Waals surface area contributed by atoms with Crippen molar-refractivity contribution in [1.82, 2.24) is 0 Å². The maximum absolute atomic E-state index is 9.81. The van der Waals surface area contributed by atoms with Crippen molar-refractivity contribution in [2.75, 3.05) is 11.6 Å². The van der Waals surface area contributed by atoms with Gasteiger partial charge in [-0.25, -0.2) is 4.21 Å². The minimum absolute atomic E-state index is 0.295. The molecule has 0 aliphatic carbocycles. The van der Waals surface area contributed by atoms with Crippen LogP contribution in [0, 0.1) is 0 Å². The summed E-state index contributed by atoms with van der Waals surface area (Å²) < 4.78 is 17.9. The lowest BCUT2D eigenvalue weighted by molar-refractivity contribution is 0.563. The zero-order valence-electron chi connectivity index (χ0n) is 3.76. The number of alkyl halides is 1. The molecule has 0 saturated carbocycles. The summed E-state index contributed by atoms with van der Waals surface area (Å²) in [5.74, 6) is 0.760. The lowest BCUT2D eigenvalue weighted by Crippen LogP contribution is -1.93. The Kier molecular flexibility index (Phi) is 4.82. The van der Waals surface area contributed by atoms with Crippen LogP contribution >= 0.6 is 11.6 Å². The molecule has 1 atom stereocenters. The zero-order valence-corrected chi connectivity index (χ0v) is 5.34. The number of hydrogen-bond donors (Lipinski definition) is 1. The quantitative estimate of drug-likeness (QED) is 0.468. The summed E-state index contributed by atoms with van der Waals surface area (Å²) in [7, 11) is 0. The first-order chi connectivity index (χ1) is 3.27. The number of halogens is 1. The van der Waals surface area contributed by atoms with Gasteiger partial charge in [0.05, 0.1) is 5.75 Å². The topological polar surface area (TPSA) is 37.3 Å². The number of rotatable bonds is 3. The predicted molar refractivity (Wildman–Crippen MR) is 31.0 cm³/mol. The normalized spacial score (nSPS) is 14.0. The Hall–Kier alpha value is 0.400. The van der Waals surface area contributed by atoms with E-state index in [9.17, 15) is 4.21 Å². The van der Waals surface area contributed by atoms with Crippen LogP contribution in [0.3, 0.4) is 0 Å². The first-order valence-corrected chi connectivity index (χ1v) is 3.72. The third kappa shape index (κ3) is 6.40. The molecule has 4 heteroatoms. The van der Waals surface area contributed by atoms with E-state index in [1.54, 1.807) is 0 Å². The third-order valence-corrected chi connectivity index (χ3v) is 1.36. The third-order valence-electron chi connectivity index (χ3n) is 0.453. The molecular formula is C3H7ClO2S. The van der Waals surface area contributed by atoms with Crippen LogP contribution in [0.2, 0.25) is 0 Å². The van der Waals surface area contributed by atoms with Gasteiger partial charge in [0.15, 0.2) is 11.1 Å². The van der Waals surface area contributed by atoms with Crippen molar-refractivity contribution >= 4 is 22.7 Å². The minimum Gasteiger partial charge on any atom is -0.306 e. The van der Waals surface area contributed by atoms with Crippen LogP contribution in [-0.2, 0) is 11.1 Å². The molecule has 0 aromatic rings. The summed E-state index contributed by atoms with van der Waals surface area (Å²) in [6, 6.07) is 0. The van der Waals surface area contributed by atoms with Crippen molar-refractivity contribution in [3.05, 3.63) is 0 Å². The van der Waals surface area contributed by atoms with Crippen molar-refractivity contribution in [2.45, 2.75) is 6.42 Å². The summed E-state index contributed by atoms with van der Waals surface area (Å²) in [6.07, 6.45) is 0.616. The molecule has 44 valence electrons. The van der Waals surface area contributed by atoms with Crippen LogP contribution < -0.4 is 0 Å². The van der Waals surface area contributed by atoms with Crippen molar-refractivity contribution in [3.8, 4) is 0 Å². The molecule has 0 rings (SSSR count). The van der Waals surface area contributed by atoms with Crippen molar-refractivity contribution in [3.63, 3.8) is 0 Å². The second kappa shape index (κ2) is 4.56. The van der Waals surface area contributed by atoms with E-state index in [0.717, 1.165) is 0 Å². The van der Waals surface area contributed by atoms with E-state index in [4.69, 9.17) is 16.2 Å². The van der Waals surface area contributed by atoms with Crippen LogP contribution in [0.25, 0.3) is 0 Å². The molecule has 0 radical (unpaired) electrons. The Morgan fingerprint density at radius 1 is 1.71 bits per heavy atom. The molecule has 0 saturated heterocycles. The van der Waals surface area contributed by atoms with Gasteiger partial charge >= 0.3 is 0 Å². The van der Waals surface area contributed by atoms with Crippen LogP contribution in [-0.4, -0.2) is 20.4 Å². The van der Waals surface area contributed by atoms with Gasteiger partial charge in [-0.15, -0.1) is 11.6 Å². The van der Waals surface area contributed by atoms with E-state index < -0.39 is 11.1 Å². The first kappa shape index (κ1) is 7.40. The summed E-state index contributed by atoms with van der Waals surface area (Å²) in [5.41, 5.74) is 0. The van der Waals surface area contributed by atoms with Crippen LogP contribution in [0.5, 0.6) is 0 Å². The fourth-order valence-corrected chi connectivity index (χ4v) is 0.861. The predicted octanol–water partition coefficient (Wildman–Crippen LogP) is 0.837. The van der Waals surface area contributed by atoms with E-state index in [2.05, 4.69) is 0 Å². The summed E-state index contributed by atoms with van der Waals surface area (Å²) >= 11 is 3.55. The van der Waals surface area contributed by atoms with Gasteiger partial charge in [-0.05, 0) is 6.42 Å². The molecule has 0 bridgehead atoms. The fourth-order valence-electron chi connectivity index (χ4n) is 0.178. The Bertz CT molecular complexity index is 66.0. The number of hydrogen-bond acceptors (Lipinski definition) is 1. The Labute approximate surface area is 50.1 Å². The van der Waals surface area contributed by atoms with E-state index in [1.165, 1.54) is 0 Å². The van der Waals surface area contributed by atoms with E-state index >= 15 is 0 Å². The summed E-state index contributed by atoms with van der Waals surface area (Å²) in [5, 5.41) is 0. The Morgan fingerprint density at radius 2 is 2.29 bits per heavy atom. The van der Waals surface area contributed by atoms with Gasteiger partial charge in [-0.3, -0.25) is 0 Å². The lowest BCUT2D eigenvalue weighted by Gasteiger charge is -1.85. The highest BCUT2D eigenvalue weighted by molar-refractivity contribution is 7.79. The smallest absolute Gasteiger partial charge is 0.152 e. The summed E-state index contributed by atoms with van der Waals surface area (Å²) in [6.45, 7) is 0. The molecule has 1 N–H and O–H groups in total. The van der Waals surface area contributed by atoms with E-state index in [-0.39, 0.29) is 0 Å². The maximum Gasteiger partial charge on any atom is 0.152 e. The maximum atomic E-state index is 9.81. The second-order valence-electron chi connectivity index (χ2n) is 1.07. The molecule has 0 aliphatic heterocycles. The summed E-state index contributed by atoms with van der Waals surface area (Å²) in [4.78, 5) is 0. The van der Waals surface area contributed by atoms with Crippen molar-refractivity contribution in [2.24, 2.45) is 0 Å². The van der Waals surface area contributed by atoms with Gasteiger partial charge < -0.3 is 4.55 Å². The minimum atomic E-state index is -1.65. The average molecular weight is 143 g/mol. The molecule has 0 aliphatic rings. The molecule has 0 heterocycles. The SMILES string of the molecule is O=S(O)CCCCl. The molecule has 0 amide bonds. The molecule has 1 unspecified atom stereocenters. The van der Waals surface area contributed by atoms with E-state index in [1.807, 2.05) is 0 Å². The Morgan fingerprint density at radius 3 is 2.43 bits per heavy atom. The average Bonchev–Trinajstić information content (AvgIpc) is 1.61. The van der Waals surface area contributed by atoms with Crippen molar-refractivity contribution in [1.29, 1.82) is 0 Å². The van der Waals surface area contributed by atoms with Crippen molar-refractivity contribution < 1.29 is 8.76 Å². The monoisotopic (exact) mass is 142 g/mol. The highest BCUT2D eigenvalue weighted by Crippen LogP contribution is 1.85. The van der Waals surface area contributed by atoms with Crippen LogP contribution in [0.1, 0.15) is 6.42 Å². The van der Waals surface area contributed by atoms with Gasteiger partial charge in [-0.2, -0.15) is 0 Å². The first-order valence-electron chi connectivity index (χ1n) is 1.91. The molecule has 0 aromatic carbocycles. The van der Waals surface area contributed by atoms with E-state index in [0.29, 0.717) is 18.1 Å². The highest BCUT2D eigenvalue weighted by atomic mass is 35.5. The van der Waals surface area contributed by atoms with Gasteiger partial charge in [0.1, 0.15) is 0 Å². The second-order valence-corrected chi connectivity index (χ2v) is 2.50. The zero-order chi connectivity index (χ0) is 5.70. The molecule has 7 heavy (non-hydrogen) atoms. The Balaban J connectivity index is 2.82. The highest BCUT2D eigenvalue weighted by Gasteiger charge is 1.88. The van der Waals surface area contributed by atoms with Crippen LogP contribution in [0.4, 0.5) is 0 Å². The standard InChI is InChI=1S/C3H7ClO2S/c4-2-1-3-7(5)6/h1-3H2,(H,5,6). The molecular weight excluding hydrogens is 136 g/mol. The van der Waals surface area contributed by atoms with Gasteiger partial charge in [0.2, 0.25) is 0 Å². The van der Waals surface area contributed by atoms with Gasteiger partial charge in [0.25, 0.3) is 0 Å². The molecule has 0 aromatic heterocycles.